The summed E-state index contributed by atoms with van der Waals surface area (Å²) >= 11 is 7.30. The number of halogens is 2. The average Bonchev–Trinajstić information content (AvgIpc) is 2.72. The Balaban J connectivity index is 2.16. The SMILES string of the molecule is CCCNC(=O)C(CC)N(Cc1ccc(F)cc1)C(=O)CSc1ccc(Cl)cc1. The molecule has 0 saturated heterocycles. The van der Waals surface area contributed by atoms with E-state index >= 15 is 0 Å². The van der Waals surface area contributed by atoms with Crippen LogP contribution in [0.5, 0.6) is 0 Å². The summed E-state index contributed by atoms with van der Waals surface area (Å²) in [5.41, 5.74) is 0.776. The van der Waals surface area contributed by atoms with Crippen LogP contribution in [-0.4, -0.2) is 35.1 Å². The van der Waals surface area contributed by atoms with Crippen LogP contribution in [0.25, 0.3) is 0 Å². The molecule has 2 aromatic carbocycles. The first-order valence-electron chi connectivity index (χ1n) is 9.64. The molecule has 0 bridgehead atoms. The predicted octanol–water partition coefficient (Wildman–Crippen LogP) is 4.90. The maximum absolute atomic E-state index is 13.3. The van der Waals surface area contributed by atoms with Gasteiger partial charge in [0, 0.05) is 23.0 Å². The number of carbonyl (C=O) groups excluding carboxylic acids is 2. The standard InChI is InChI=1S/C22H26ClFN2O2S/c1-3-13-25-22(28)20(4-2)26(14-16-5-9-18(24)10-6-16)21(27)15-29-19-11-7-17(23)8-12-19/h5-12,20H,3-4,13-15H2,1-2H3,(H,25,28). The second kappa shape index (κ2) is 11.8. The first kappa shape index (κ1) is 23.2. The van der Waals surface area contributed by atoms with Gasteiger partial charge in [0.25, 0.3) is 0 Å². The molecule has 0 aliphatic heterocycles. The molecule has 2 aromatic rings. The van der Waals surface area contributed by atoms with Gasteiger partial charge in [0.05, 0.1) is 5.75 Å². The summed E-state index contributed by atoms with van der Waals surface area (Å²) in [6.07, 6.45) is 1.31. The highest BCUT2D eigenvalue weighted by Gasteiger charge is 2.28. The first-order chi connectivity index (χ1) is 13.9. The van der Waals surface area contributed by atoms with Crippen LogP contribution in [0.1, 0.15) is 32.3 Å². The molecule has 0 saturated carbocycles. The van der Waals surface area contributed by atoms with Crippen molar-refractivity contribution in [1.82, 2.24) is 10.2 Å². The zero-order valence-electron chi connectivity index (χ0n) is 16.7. The van der Waals surface area contributed by atoms with E-state index in [1.807, 2.05) is 26.0 Å². The molecule has 7 heteroatoms. The van der Waals surface area contributed by atoms with E-state index < -0.39 is 6.04 Å². The second-order valence-corrected chi connectivity index (χ2v) is 8.09. The summed E-state index contributed by atoms with van der Waals surface area (Å²) < 4.78 is 13.3. The summed E-state index contributed by atoms with van der Waals surface area (Å²) in [6, 6.07) is 12.7. The summed E-state index contributed by atoms with van der Waals surface area (Å²) in [4.78, 5) is 28.2. The fourth-order valence-corrected chi connectivity index (χ4v) is 3.74. The lowest BCUT2D eigenvalue weighted by molar-refractivity contribution is -0.139. The van der Waals surface area contributed by atoms with Crippen LogP contribution in [0.4, 0.5) is 4.39 Å². The van der Waals surface area contributed by atoms with Crippen LogP contribution in [0.2, 0.25) is 5.02 Å². The normalized spacial score (nSPS) is 11.7. The Labute approximate surface area is 180 Å². The van der Waals surface area contributed by atoms with Gasteiger partial charge in [-0.3, -0.25) is 9.59 Å². The third kappa shape index (κ3) is 7.37. The van der Waals surface area contributed by atoms with Crippen LogP contribution in [-0.2, 0) is 16.1 Å². The van der Waals surface area contributed by atoms with E-state index in [-0.39, 0.29) is 29.9 Å². The van der Waals surface area contributed by atoms with Crippen molar-refractivity contribution in [3.63, 3.8) is 0 Å². The van der Waals surface area contributed by atoms with Crippen molar-refractivity contribution in [2.75, 3.05) is 12.3 Å². The first-order valence-corrected chi connectivity index (χ1v) is 11.0. The second-order valence-electron chi connectivity index (χ2n) is 6.61. The zero-order chi connectivity index (χ0) is 21.2. The largest absolute Gasteiger partial charge is 0.354 e. The lowest BCUT2D eigenvalue weighted by Crippen LogP contribution is -2.49. The fraction of sp³-hybridized carbons (Fsp3) is 0.364. The molecule has 1 unspecified atom stereocenters. The van der Waals surface area contributed by atoms with Crippen LogP contribution in [0.15, 0.2) is 53.4 Å². The van der Waals surface area contributed by atoms with Gasteiger partial charge in [-0.1, -0.05) is 37.6 Å². The molecule has 0 radical (unpaired) electrons. The number of hydrogen-bond acceptors (Lipinski definition) is 3. The van der Waals surface area contributed by atoms with Gasteiger partial charge in [-0.05, 0) is 54.8 Å². The van der Waals surface area contributed by atoms with Gasteiger partial charge in [-0.25, -0.2) is 4.39 Å². The van der Waals surface area contributed by atoms with Crippen molar-refractivity contribution in [3.8, 4) is 0 Å². The minimum atomic E-state index is -0.579. The molecular formula is C22H26ClFN2O2S. The molecule has 0 aromatic heterocycles. The molecule has 29 heavy (non-hydrogen) atoms. The lowest BCUT2D eigenvalue weighted by Gasteiger charge is -2.30. The molecule has 0 spiro atoms. The molecule has 1 atom stereocenters. The van der Waals surface area contributed by atoms with Crippen LogP contribution in [0, 0.1) is 5.82 Å². The van der Waals surface area contributed by atoms with E-state index in [1.54, 1.807) is 29.2 Å². The van der Waals surface area contributed by atoms with Crippen molar-refractivity contribution < 1.29 is 14.0 Å². The fourth-order valence-electron chi connectivity index (χ4n) is 2.83. The molecule has 2 amide bonds. The number of benzene rings is 2. The van der Waals surface area contributed by atoms with E-state index in [2.05, 4.69) is 5.32 Å². The van der Waals surface area contributed by atoms with Crippen molar-refractivity contribution in [2.24, 2.45) is 0 Å². The predicted molar refractivity (Wildman–Crippen MR) is 117 cm³/mol. The summed E-state index contributed by atoms with van der Waals surface area (Å²) in [5, 5.41) is 3.52. The molecule has 4 nitrogen and oxygen atoms in total. The van der Waals surface area contributed by atoms with Crippen molar-refractivity contribution >= 4 is 35.2 Å². The Morgan fingerprint density at radius 2 is 1.76 bits per heavy atom. The molecule has 0 fully saturated rings. The number of rotatable bonds is 10. The maximum Gasteiger partial charge on any atom is 0.242 e. The topological polar surface area (TPSA) is 49.4 Å². The van der Waals surface area contributed by atoms with Gasteiger partial charge < -0.3 is 10.2 Å². The van der Waals surface area contributed by atoms with Gasteiger partial charge >= 0.3 is 0 Å². The Bertz CT molecular complexity index is 799. The van der Waals surface area contributed by atoms with E-state index in [0.29, 0.717) is 18.0 Å². The minimum absolute atomic E-state index is 0.146. The van der Waals surface area contributed by atoms with E-state index in [1.165, 1.54) is 23.9 Å². The molecule has 1 N–H and O–H groups in total. The van der Waals surface area contributed by atoms with Gasteiger partial charge in [0.15, 0.2) is 0 Å². The third-order valence-electron chi connectivity index (χ3n) is 4.38. The summed E-state index contributed by atoms with van der Waals surface area (Å²) in [5.74, 6) is -0.452. The molecule has 0 aliphatic rings. The number of hydrogen-bond donors (Lipinski definition) is 1. The highest BCUT2D eigenvalue weighted by Crippen LogP contribution is 2.22. The highest BCUT2D eigenvalue weighted by molar-refractivity contribution is 8.00. The molecule has 0 heterocycles. The van der Waals surface area contributed by atoms with Crippen LogP contribution >= 0.6 is 23.4 Å². The quantitative estimate of drug-likeness (QED) is 0.538. The van der Waals surface area contributed by atoms with Crippen LogP contribution in [0.3, 0.4) is 0 Å². The maximum atomic E-state index is 13.3. The van der Waals surface area contributed by atoms with Crippen molar-refractivity contribution in [1.29, 1.82) is 0 Å². The third-order valence-corrected chi connectivity index (χ3v) is 5.63. The molecule has 156 valence electrons. The number of amides is 2. The lowest BCUT2D eigenvalue weighted by atomic mass is 10.1. The highest BCUT2D eigenvalue weighted by atomic mass is 35.5. The molecule has 0 aliphatic carbocycles. The van der Waals surface area contributed by atoms with Crippen LogP contribution < -0.4 is 5.32 Å². The van der Waals surface area contributed by atoms with E-state index in [9.17, 15) is 14.0 Å². The van der Waals surface area contributed by atoms with E-state index in [4.69, 9.17) is 11.6 Å². The van der Waals surface area contributed by atoms with Gasteiger partial charge in [-0.15, -0.1) is 11.8 Å². The Morgan fingerprint density at radius 3 is 2.34 bits per heavy atom. The number of nitrogens with one attached hydrogen (secondary N) is 1. The van der Waals surface area contributed by atoms with Gasteiger partial charge in [-0.2, -0.15) is 0 Å². The summed E-state index contributed by atoms with van der Waals surface area (Å²) in [6.45, 7) is 4.67. The average molecular weight is 437 g/mol. The molecular weight excluding hydrogens is 411 g/mol. The zero-order valence-corrected chi connectivity index (χ0v) is 18.2. The van der Waals surface area contributed by atoms with Crippen molar-refractivity contribution in [2.45, 2.75) is 44.2 Å². The van der Waals surface area contributed by atoms with Gasteiger partial charge in [0.1, 0.15) is 11.9 Å². The smallest absolute Gasteiger partial charge is 0.242 e. The Hall–Kier alpha value is -2.05. The number of carbonyl (C=O) groups is 2. The molecule has 2 rings (SSSR count). The van der Waals surface area contributed by atoms with E-state index in [0.717, 1.165) is 16.9 Å². The Kier molecular flexibility index (Phi) is 9.48. The summed E-state index contributed by atoms with van der Waals surface area (Å²) in [7, 11) is 0. The van der Waals surface area contributed by atoms with Crippen molar-refractivity contribution in [3.05, 3.63) is 64.9 Å². The number of nitrogens with zero attached hydrogens (tertiary/aromatic N) is 1. The number of thioether (sulfide) groups is 1. The minimum Gasteiger partial charge on any atom is -0.354 e. The van der Waals surface area contributed by atoms with Gasteiger partial charge in [0.2, 0.25) is 11.8 Å². The monoisotopic (exact) mass is 436 g/mol. The Morgan fingerprint density at radius 1 is 1.10 bits per heavy atom.